The van der Waals surface area contributed by atoms with Crippen molar-refractivity contribution in [1.29, 1.82) is 0 Å². The lowest BCUT2D eigenvalue weighted by Gasteiger charge is -2.18. The van der Waals surface area contributed by atoms with Gasteiger partial charge in [0, 0.05) is 19.4 Å². The zero-order valence-corrected chi connectivity index (χ0v) is 42.3. The second kappa shape index (κ2) is 54.4. The minimum Gasteiger partial charge on any atom is -0.462 e. The van der Waals surface area contributed by atoms with Crippen molar-refractivity contribution in [2.45, 2.75) is 258 Å². The zero-order valence-electron chi connectivity index (χ0n) is 42.3. The Balaban J connectivity index is 4.34. The summed E-state index contributed by atoms with van der Waals surface area (Å²) in [5.41, 5.74) is 0. The first-order chi connectivity index (χ1) is 31.6. The normalized spacial score (nSPS) is 12.9. The van der Waals surface area contributed by atoms with E-state index < -0.39 is 6.10 Å². The molecule has 0 aromatic carbocycles. The molecule has 1 atom stereocenters. The number of carbonyl (C=O) groups is 2. The lowest BCUT2D eigenvalue weighted by molar-refractivity contribution is -0.163. The Kier molecular flexibility index (Phi) is 51.9. The summed E-state index contributed by atoms with van der Waals surface area (Å²) in [7, 11) is 0. The fraction of sp³-hybridized carbons (Fsp3) is 0.729. The first-order valence-electron chi connectivity index (χ1n) is 27.1. The van der Waals surface area contributed by atoms with Gasteiger partial charge in [-0.15, -0.1) is 0 Å². The van der Waals surface area contributed by atoms with Gasteiger partial charge in [0.15, 0.2) is 6.10 Å². The number of hydrogen-bond donors (Lipinski definition) is 0. The lowest BCUT2D eigenvalue weighted by Crippen LogP contribution is -2.30. The highest BCUT2D eigenvalue weighted by Gasteiger charge is 2.17. The average Bonchev–Trinajstić information content (AvgIpc) is 3.30. The van der Waals surface area contributed by atoms with Gasteiger partial charge in [0.25, 0.3) is 0 Å². The second-order valence-corrected chi connectivity index (χ2v) is 17.8. The molecule has 64 heavy (non-hydrogen) atoms. The van der Waals surface area contributed by atoms with E-state index in [0.717, 1.165) is 89.9 Å². The van der Waals surface area contributed by atoms with Crippen molar-refractivity contribution in [2.75, 3.05) is 19.8 Å². The summed E-state index contributed by atoms with van der Waals surface area (Å²) in [4.78, 5) is 25.4. The van der Waals surface area contributed by atoms with Crippen molar-refractivity contribution in [2.24, 2.45) is 0 Å². The highest BCUT2D eigenvalue weighted by Crippen LogP contribution is 2.15. The molecule has 0 aliphatic rings. The highest BCUT2D eigenvalue weighted by molar-refractivity contribution is 5.70. The largest absolute Gasteiger partial charge is 0.462 e. The summed E-state index contributed by atoms with van der Waals surface area (Å²) in [5.74, 6) is -0.437. The van der Waals surface area contributed by atoms with Gasteiger partial charge in [-0.2, -0.15) is 0 Å². The summed E-state index contributed by atoms with van der Waals surface area (Å²) in [6, 6.07) is 0. The Morgan fingerprint density at radius 2 is 0.703 bits per heavy atom. The van der Waals surface area contributed by atoms with Crippen molar-refractivity contribution in [3.8, 4) is 0 Å². The Morgan fingerprint density at radius 1 is 0.359 bits per heavy atom. The van der Waals surface area contributed by atoms with Crippen LogP contribution >= 0.6 is 0 Å². The number of ether oxygens (including phenoxy) is 3. The predicted octanol–water partition coefficient (Wildman–Crippen LogP) is 18.5. The average molecular weight is 891 g/mol. The number of rotatable bonds is 49. The molecule has 1 unspecified atom stereocenters. The number of unbranched alkanes of at least 4 members (excludes halogenated alkanes) is 24. The van der Waals surface area contributed by atoms with Gasteiger partial charge in [-0.1, -0.05) is 234 Å². The molecule has 5 heteroatoms. The van der Waals surface area contributed by atoms with E-state index in [1.165, 1.54) is 128 Å². The molecular weight excluding hydrogens is 789 g/mol. The van der Waals surface area contributed by atoms with Crippen LogP contribution in [0.1, 0.15) is 252 Å². The van der Waals surface area contributed by atoms with Crippen molar-refractivity contribution < 1.29 is 23.8 Å². The maximum Gasteiger partial charge on any atom is 0.306 e. The molecule has 0 fully saturated rings. The van der Waals surface area contributed by atoms with Gasteiger partial charge in [-0.3, -0.25) is 9.59 Å². The van der Waals surface area contributed by atoms with Gasteiger partial charge in [-0.25, -0.2) is 0 Å². The molecule has 0 radical (unpaired) electrons. The molecule has 0 N–H and O–H groups in total. The first-order valence-corrected chi connectivity index (χ1v) is 27.1. The quantitative estimate of drug-likeness (QED) is 0.0346. The van der Waals surface area contributed by atoms with E-state index in [2.05, 4.69) is 106 Å². The molecule has 0 aromatic rings. The molecule has 0 aliphatic carbocycles. The summed E-state index contributed by atoms with van der Waals surface area (Å²) in [6.07, 6.45) is 71.7. The zero-order chi connectivity index (χ0) is 46.3. The van der Waals surface area contributed by atoms with Crippen molar-refractivity contribution >= 4 is 11.9 Å². The fourth-order valence-corrected chi connectivity index (χ4v) is 7.40. The van der Waals surface area contributed by atoms with Gasteiger partial charge in [0.05, 0.1) is 6.61 Å². The van der Waals surface area contributed by atoms with Crippen LogP contribution in [0.4, 0.5) is 0 Å². The molecule has 0 amide bonds. The van der Waals surface area contributed by atoms with E-state index in [4.69, 9.17) is 14.2 Å². The third-order valence-corrected chi connectivity index (χ3v) is 11.4. The van der Waals surface area contributed by atoms with Gasteiger partial charge < -0.3 is 14.2 Å². The monoisotopic (exact) mass is 891 g/mol. The van der Waals surface area contributed by atoms with Crippen LogP contribution in [-0.2, 0) is 23.8 Å². The molecule has 5 nitrogen and oxygen atoms in total. The van der Waals surface area contributed by atoms with Gasteiger partial charge >= 0.3 is 11.9 Å². The SMILES string of the molecule is CC/C=C\C/C=C\C/C=C\C/C=C\CCCOCC(COC(=O)CCCCCCCC/C=C\C/C=C\C/C=C\CCCCC)OC(=O)CCCCCCCCCCCCCCCCC. The first kappa shape index (κ1) is 61.1. The van der Waals surface area contributed by atoms with Crippen LogP contribution in [0.5, 0.6) is 0 Å². The summed E-state index contributed by atoms with van der Waals surface area (Å²) < 4.78 is 17.4. The van der Waals surface area contributed by atoms with E-state index in [-0.39, 0.29) is 25.2 Å². The summed E-state index contributed by atoms with van der Waals surface area (Å²) >= 11 is 0. The van der Waals surface area contributed by atoms with Crippen LogP contribution in [0.3, 0.4) is 0 Å². The number of carbonyl (C=O) groups excluding carboxylic acids is 2. The van der Waals surface area contributed by atoms with E-state index in [9.17, 15) is 9.59 Å². The van der Waals surface area contributed by atoms with Crippen LogP contribution in [0.15, 0.2) is 85.1 Å². The fourth-order valence-electron chi connectivity index (χ4n) is 7.40. The highest BCUT2D eigenvalue weighted by atomic mass is 16.6. The van der Waals surface area contributed by atoms with Gasteiger partial charge in [0.1, 0.15) is 6.61 Å². The molecule has 0 aliphatic heterocycles. The van der Waals surface area contributed by atoms with Crippen LogP contribution in [0, 0.1) is 0 Å². The van der Waals surface area contributed by atoms with Crippen LogP contribution in [-0.4, -0.2) is 37.9 Å². The molecule has 368 valence electrons. The Morgan fingerprint density at radius 3 is 1.16 bits per heavy atom. The number of hydrogen-bond acceptors (Lipinski definition) is 5. The van der Waals surface area contributed by atoms with E-state index in [0.29, 0.717) is 19.4 Å². The molecule has 0 spiro atoms. The Hall–Kier alpha value is -2.92. The minimum absolute atomic E-state index is 0.0553. The van der Waals surface area contributed by atoms with Crippen molar-refractivity contribution in [3.63, 3.8) is 0 Å². The predicted molar refractivity (Wildman–Crippen MR) is 279 cm³/mol. The maximum atomic E-state index is 12.8. The second-order valence-electron chi connectivity index (χ2n) is 17.8. The Labute approximate surface area is 397 Å². The van der Waals surface area contributed by atoms with Crippen molar-refractivity contribution in [3.05, 3.63) is 85.1 Å². The van der Waals surface area contributed by atoms with E-state index in [1.807, 2.05) is 0 Å². The van der Waals surface area contributed by atoms with E-state index >= 15 is 0 Å². The molecule has 0 rings (SSSR count). The molecule has 0 heterocycles. The minimum atomic E-state index is -0.572. The number of esters is 2. The number of allylic oxidation sites excluding steroid dienone is 14. The van der Waals surface area contributed by atoms with Crippen LogP contribution in [0.25, 0.3) is 0 Å². The van der Waals surface area contributed by atoms with Crippen LogP contribution < -0.4 is 0 Å². The lowest BCUT2D eigenvalue weighted by atomic mass is 10.0. The third kappa shape index (κ3) is 51.7. The summed E-state index contributed by atoms with van der Waals surface area (Å²) in [6.45, 7) is 7.56. The summed E-state index contributed by atoms with van der Waals surface area (Å²) in [5, 5.41) is 0. The van der Waals surface area contributed by atoms with Crippen LogP contribution in [0.2, 0.25) is 0 Å². The Bertz CT molecular complexity index is 1190. The standard InChI is InChI=1S/C59H102O5/c1-4-7-10-13-16-19-22-25-28-29-30-31-33-34-37-40-43-46-49-52-58(60)63-56-57(55-62-54-51-48-45-42-39-36-27-24-21-18-15-12-9-6-3)64-59(61)53-50-47-44-41-38-35-32-26-23-20-17-14-11-8-5-2/h9,12,16,18-19,21,25,27-28,30-31,36,42,45,57H,4-8,10-11,13-15,17,20,22-24,26,29,32-35,37-41,43-44,46-56H2,1-3H3/b12-9-,19-16-,21-18-,28-25-,31-30-,36-27-,45-42-. The maximum absolute atomic E-state index is 12.8. The third-order valence-electron chi connectivity index (χ3n) is 11.4. The van der Waals surface area contributed by atoms with Gasteiger partial charge in [-0.05, 0) is 89.9 Å². The molecular formula is C59H102O5. The molecule has 0 saturated carbocycles. The molecule has 0 saturated heterocycles. The molecule has 0 aromatic heterocycles. The topological polar surface area (TPSA) is 61.8 Å². The molecule has 0 bridgehead atoms. The van der Waals surface area contributed by atoms with E-state index in [1.54, 1.807) is 0 Å². The van der Waals surface area contributed by atoms with Gasteiger partial charge in [0.2, 0.25) is 0 Å². The van der Waals surface area contributed by atoms with Crippen molar-refractivity contribution in [1.82, 2.24) is 0 Å². The smallest absolute Gasteiger partial charge is 0.306 e.